The second-order valence-electron chi connectivity index (χ2n) is 4.61. The van der Waals surface area contributed by atoms with E-state index in [1.807, 2.05) is 0 Å². The molecular weight excluding hydrogens is 356 g/mol. The van der Waals surface area contributed by atoms with E-state index in [0.717, 1.165) is 4.47 Å². The van der Waals surface area contributed by atoms with Crippen LogP contribution in [0.2, 0.25) is 0 Å². The van der Waals surface area contributed by atoms with Gasteiger partial charge in [0.25, 0.3) is 10.0 Å². The average Bonchev–Trinajstić information content (AvgIpc) is 2.43. The van der Waals surface area contributed by atoms with Gasteiger partial charge in [-0.2, -0.15) is 0 Å². The van der Waals surface area contributed by atoms with Crippen molar-refractivity contribution in [3.63, 3.8) is 0 Å². The first-order chi connectivity index (χ1) is 9.79. The van der Waals surface area contributed by atoms with Gasteiger partial charge in [0.15, 0.2) is 0 Å². The van der Waals surface area contributed by atoms with Crippen molar-refractivity contribution in [3.05, 3.63) is 52.1 Å². The quantitative estimate of drug-likeness (QED) is 0.866. The highest BCUT2D eigenvalue weighted by Crippen LogP contribution is 2.20. The SMILES string of the molecule is Cc1nc(NS(=O)(=O)c2ccc(C(C)O)cc2)ccc1Br. The second-order valence-corrected chi connectivity index (χ2v) is 7.15. The molecule has 1 atom stereocenters. The largest absolute Gasteiger partial charge is 0.389 e. The molecule has 1 heterocycles. The van der Waals surface area contributed by atoms with E-state index in [0.29, 0.717) is 11.3 Å². The molecule has 0 aliphatic heterocycles. The Balaban J connectivity index is 2.27. The number of halogens is 1. The van der Waals surface area contributed by atoms with Crippen molar-refractivity contribution in [1.82, 2.24) is 4.98 Å². The summed E-state index contributed by atoms with van der Waals surface area (Å²) in [5.74, 6) is 0.260. The zero-order chi connectivity index (χ0) is 15.6. The molecule has 112 valence electrons. The third-order valence-corrected chi connectivity index (χ3v) is 5.14. The smallest absolute Gasteiger partial charge is 0.263 e. The molecule has 2 N–H and O–H groups in total. The van der Waals surface area contributed by atoms with Gasteiger partial charge in [-0.3, -0.25) is 4.72 Å². The van der Waals surface area contributed by atoms with E-state index in [2.05, 4.69) is 25.6 Å². The number of aromatic nitrogens is 1. The van der Waals surface area contributed by atoms with Crippen LogP contribution in [-0.2, 0) is 10.0 Å². The van der Waals surface area contributed by atoms with Crippen LogP contribution in [0.15, 0.2) is 45.8 Å². The lowest BCUT2D eigenvalue weighted by molar-refractivity contribution is 0.199. The number of aliphatic hydroxyl groups is 1. The highest BCUT2D eigenvalue weighted by molar-refractivity contribution is 9.10. The molecule has 21 heavy (non-hydrogen) atoms. The summed E-state index contributed by atoms with van der Waals surface area (Å²) < 4.78 is 27.7. The van der Waals surface area contributed by atoms with Crippen LogP contribution in [0.25, 0.3) is 0 Å². The number of pyridine rings is 1. The lowest BCUT2D eigenvalue weighted by Crippen LogP contribution is -2.14. The lowest BCUT2D eigenvalue weighted by atomic mass is 10.1. The minimum Gasteiger partial charge on any atom is -0.389 e. The first kappa shape index (κ1) is 15.9. The van der Waals surface area contributed by atoms with Crippen LogP contribution in [0, 0.1) is 6.92 Å². The van der Waals surface area contributed by atoms with Gasteiger partial charge >= 0.3 is 0 Å². The second kappa shape index (κ2) is 6.13. The van der Waals surface area contributed by atoms with E-state index in [-0.39, 0.29) is 10.7 Å². The van der Waals surface area contributed by atoms with Gasteiger partial charge in [-0.05, 0) is 59.6 Å². The number of benzene rings is 1. The van der Waals surface area contributed by atoms with Crippen molar-refractivity contribution < 1.29 is 13.5 Å². The normalized spacial score (nSPS) is 13.0. The van der Waals surface area contributed by atoms with Gasteiger partial charge in [0, 0.05) is 4.47 Å². The fraction of sp³-hybridized carbons (Fsp3) is 0.214. The molecule has 0 radical (unpaired) electrons. The molecule has 0 saturated heterocycles. The molecule has 5 nitrogen and oxygen atoms in total. The van der Waals surface area contributed by atoms with Crippen molar-refractivity contribution in [2.75, 3.05) is 4.72 Å². The fourth-order valence-corrected chi connectivity index (χ4v) is 2.95. The maximum Gasteiger partial charge on any atom is 0.263 e. The van der Waals surface area contributed by atoms with E-state index in [9.17, 15) is 13.5 Å². The summed E-state index contributed by atoms with van der Waals surface area (Å²) in [6.07, 6.45) is -0.634. The Morgan fingerprint density at radius 2 is 1.81 bits per heavy atom. The molecule has 0 fully saturated rings. The van der Waals surface area contributed by atoms with E-state index < -0.39 is 16.1 Å². The molecule has 0 saturated carbocycles. The van der Waals surface area contributed by atoms with Crippen LogP contribution in [0.3, 0.4) is 0 Å². The van der Waals surface area contributed by atoms with Gasteiger partial charge in [0.1, 0.15) is 5.82 Å². The molecule has 7 heteroatoms. The highest BCUT2D eigenvalue weighted by Gasteiger charge is 2.15. The molecule has 0 spiro atoms. The highest BCUT2D eigenvalue weighted by atomic mass is 79.9. The predicted octanol–water partition coefficient (Wildman–Crippen LogP) is 3.01. The molecule has 0 amide bonds. The Labute approximate surface area is 132 Å². The molecule has 0 aliphatic rings. The Morgan fingerprint density at radius 1 is 1.19 bits per heavy atom. The first-order valence-electron chi connectivity index (χ1n) is 6.23. The maximum absolute atomic E-state index is 12.3. The number of anilines is 1. The molecular formula is C14H15BrN2O3S. The predicted molar refractivity (Wildman–Crippen MR) is 84.6 cm³/mol. The molecule has 0 bridgehead atoms. The van der Waals surface area contributed by atoms with Crippen molar-refractivity contribution in [2.24, 2.45) is 0 Å². The number of aliphatic hydroxyl groups excluding tert-OH is 1. The molecule has 1 unspecified atom stereocenters. The summed E-state index contributed by atoms with van der Waals surface area (Å²) in [6.45, 7) is 3.40. The van der Waals surface area contributed by atoms with Gasteiger partial charge in [-0.25, -0.2) is 13.4 Å². The molecule has 2 rings (SSSR count). The van der Waals surface area contributed by atoms with Gasteiger partial charge < -0.3 is 5.11 Å². The van der Waals surface area contributed by atoms with E-state index in [1.54, 1.807) is 38.1 Å². The van der Waals surface area contributed by atoms with Crippen LogP contribution < -0.4 is 4.72 Å². The van der Waals surface area contributed by atoms with Crippen LogP contribution in [0.1, 0.15) is 24.3 Å². The van der Waals surface area contributed by atoms with E-state index in [4.69, 9.17) is 0 Å². The Kier molecular flexibility index (Phi) is 4.65. The molecule has 1 aromatic heterocycles. The van der Waals surface area contributed by atoms with Crippen molar-refractivity contribution in [1.29, 1.82) is 0 Å². The summed E-state index contributed by atoms with van der Waals surface area (Å²) in [5.41, 5.74) is 1.35. The third-order valence-electron chi connectivity index (χ3n) is 2.93. The van der Waals surface area contributed by atoms with Gasteiger partial charge in [-0.15, -0.1) is 0 Å². The lowest BCUT2D eigenvalue weighted by Gasteiger charge is -2.10. The van der Waals surface area contributed by atoms with Gasteiger partial charge in [-0.1, -0.05) is 12.1 Å². The number of rotatable bonds is 4. The number of nitrogens with zero attached hydrogens (tertiary/aromatic N) is 1. The zero-order valence-corrected chi connectivity index (χ0v) is 13.9. The Morgan fingerprint density at radius 3 is 2.33 bits per heavy atom. The summed E-state index contributed by atoms with van der Waals surface area (Å²) in [5, 5.41) is 9.43. The summed E-state index contributed by atoms with van der Waals surface area (Å²) >= 11 is 3.31. The molecule has 0 aliphatic carbocycles. The first-order valence-corrected chi connectivity index (χ1v) is 8.51. The average molecular weight is 371 g/mol. The minimum absolute atomic E-state index is 0.120. The fourth-order valence-electron chi connectivity index (χ4n) is 1.72. The maximum atomic E-state index is 12.3. The van der Waals surface area contributed by atoms with E-state index >= 15 is 0 Å². The van der Waals surface area contributed by atoms with Crippen molar-refractivity contribution in [2.45, 2.75) is 24.8 Å². The van der Waals surface area contributed by atoms with Crippen LogP contribution in [0.5, 0.6) is 0 Å². The molecule has 1 aromatic carbocycles. The summed E-state index contributed by atoms with van der Waals surface area (Å²) in [7, 11) is -3.69. The van der Waals surface area contributed by atoms with Gasteiger partial charge in [0.2, 0.25) is 0 Å². The minimum atomic E-state index is -3.69. The Hall–Kier alpha value is -1.44. The Bertz CT molecular complexity index is 743. The number of nitrogens with one attached hydrogen (secondary N) is 1. The number of aryl methyl sites for hydroxylation is 1. The monoisotopic (exact) mass is 370 g/mol. The number of hydrogen-bond donors (Lipinski definition) is 2. The zero-order valence-electron chi connectivity index (χ0n) is 11.5. The van der Waals surface area contributed by atoms with Gasteiger partial charge in [0.05, 0.1) is 16.7 Å². The summed E-state index contributed by atoms with van der Waals surface area (Å²) in [6, 6.07) is 9.39. The van der Waals surface area contributed by atoms with Crippen LogP contribution in [0.4, 0.5) is 5.82 Å². The van der Waals surface area contributed by atoms with E-state index in [1.165, 1.54) is 12.1 Å². The summed E-state index contributed by atoms with van der Waals surface area (Å²) in [4.78, 5) is 4.27. The third kappa shape index (κ3) is 3.81. The van der Waals surface area contributed by atoms with Crippen molar-refractivity contribution >= 4 is 31.8 Å². The number of hydrogen-bond acceptors (Lipinski definition) is 4. The van der Waals surface area contributed by atoms with Crippen molar-refractivity contribution in [3.8, 4) is 0 Å². The molecule has 2 aromatic rings. The van der Waals surface area contributed by atoms with Crippen LogP contribution >= 0.6 is 15.9 Å². The van der Waals surface area contributed by atoms with Crippen LogP contribution in [-0.4, -0.2) is 18.5 Å². The number of sulfonamides is 1. The standard InChI is InChI=1S/C14H15BrN2O3S/c1-9-13(15)7-8-14(16-9)17-21(19,20)12-5-3-11(4-6-12)10(2)18/h3-8,10,18H,1-2H3,(H,16,17). The topological polar surface area (TPSA) is 79.3 Å².